The van der Waals surface area contributed by atoms with Crippen molar-refractivity contribution in [3.63, 3.8) is 0 Å². The van der Waals surface area contributed by atoms with Crippen molar-refractivity contribution < 1.29 is 22.0 Å². The summed E-state index contributed by atoms with van der Waals surface area (Å²) in [6, 6.07) is 1.48. The Morgan fingerprint density at radius 2 is 1.78 bits per heavy atom. The highest BCUT2D eigenvalue weighted by Gasteiger charge is 2.21. The van der Waals surface area contributed by atoms with E-state index in [0.29, 0.717) is 6.07 Å². The molecule has 1 rings (SSSR count). The average Bonchev–Trinajstić information content (AvgIpc) is 2.22. The van der Waals surface area contributed by atoms with Gasteiger partial charge in [-0.05, 0) is 24.6 Å². The minimum atomic E-state index is -4.04. The van der Waals surface area contributed by atoms with Crippen LogP contribution < -0.4 is 4.72 Å². The highest BCUT2D eigenvalue weighted by atomic mass is 32.2. The molecule has 0 bridgehead atoms. The minimum absolute atomic E-state index is 0.0273. The van der Waals surface area contributed by atoms with E-state index in [1.807, 2.05) is 0 Å². The standard InChI is InChI=1S/C10H12F2N2O3S/c1-6-4-9(12)7(5-8(6)11)10(15)13-18(16,17)14(2)3/h4-5H,1-3H3,(H,13,15). The fourth-order valence-electron chi connectivity index (χ4n) is 1.08. The van der Waals surface area contributed by atoms with Crippen LogP contribution in [-0.2, 0) is 10.2 Å². The van der Waals surface area contributed by atoms with Gasteiger partial charge >= 0.3 is 10.2 Å². The first-order valence-corrected chi connectivity index (χ1v) is 6.29. The number of nitrogens with zero attached hydrogens (tertiary/aromatic N) is 1. The maximum absolute atomic E-state index is 13.4. The van der Waals surface area contributed by atoms with Crippen LogP contribution in [0.5, 0.6) is 0 Å². The summed E-state index contributed by atoms with van der Waals surface area (Å²) >= 11 is 0. The van der Waals surface area contributed by atoms with Gasteiger partial charge in [0.1, 0.15) is 11.6 Å². The van der Waals surface area contributed by atoms with Gasteiger partial charge in [-0.3, -0.25) is 4.79 Å². The summed E-state index contributed by atoms with van der Waals surface area (Å²) in [5.41, 5.74) is -0.636. The van der Waals surface area contributed by atoms with Crippen LogP contribution in [-0.4, -0.2) is 32.7 Å². The summed E-state index contributed by atoms with van der Waals surface area (Å²) in [6.07, 6.45) is 0. The van der Waals surface area contributed by atoms with Gasteiger partial charge in [-0.1, -0.05) is 0 Å². The van der Waals surface area contributed by atoms with Crippen molar-refractivity contribution in [1.29, 1.82) is 0 Å². The molecule has 1 N–H and O–H groups in total. The van der Waals surface area contributed by atoms with Gasteiger partial charge in [-0.2, -0.15) is 12.7 Å². The largest absolute Gasteiger partial charge is 0.303 e. The summed E-state index contributed by atoms with van der Waals surface area (Å²) < 4.78 is 51.7. The number of benzene rings is 1. The molecule has 0 heterocycles. The first-order chi connectivity index (χ1) is 8.15. The maximum atomic E-state index is 13.4. The molecule has 18 heavy (non-hydrogen) atoms. The van der Waals surface area contributed by atoms with Crippen LogP contribution in [0.15, 0.2) is 12.1 Å². The number of carbonyl (C=O) groups excluding carboxylic acids is 1. The molecule has 1 aromatic rings. The second kappa shape index (κ2) is 4.99. The number of aryl methyl sites for hydroxylation is 1. The topological polar surface area (TPSA) is 66.5 Å². The average molecular weight is 278 g/mol. The Balaban J connectivity index is 3.10. The monoisotopic (exact) mass is 278 g/mol. The highest BCUT2D eigenvalue weighted by Crippen LogP contribution is 2.14. The van der Waals surface area contributed by atoms with Crippen LogP contribution in [0.4, 0.5) is 8.78 Å². The molecule has 0 radical (unpaired) electrons. The van der Waals surface area contributed by atoms with Crippen LogP contribution in [0.3, 0.4) is 0 Å². The molecule has 0 unspecified atom stereocenters. The summed E-state index contributed by atoms with van der Waals surface area (Å²) in [7, 11) is -1.65. The van der Waals surface area contributed by atoms with E-state index in [0.717, 1.165) is 10.4 Å². The van der Waals surface area contributed by atoms with Crippen LogP contribution in [0.25, 0.3) is 0 Å². The van der Waals surface area contributed by atoms with Crippen molar-refractivity contribution in [1.82, 2.24) is 9.03 Å². The molecule has 0 aliphatic heterocycles. The molecule has 0 aliphatic carbocycles. The molecule has 8 heteroatoms. The smallest absolute Gasteiger partial charge is 0.268 e. The van der Waals surface area contributed by atoms with E-state index in [4.69, 9.17) is 0 Å². The predicted octanol–water partition coefficient (Wildman–Crippen LogP) is 0.809. The number of carbonyl (C=O) groups is 1. The molecule has 1 aromatic carbocycles. The Hall–Kier alpha value is -1.54. The van der Waals surface area contributed by atoms with Crippen molar-refractivity contribution in [2.24, 2.45) is 0 Å². The molecular formula is C10H12F2N2O3S. The fraction of sp³-hybridized carbons (Fsp3) is 0.300. The van der Waals surface area contributed by atoms with Gasteiger partial charge in [0, 0.05) is 14.1 Å². The zero-order valence-corrected chi connectivity index (χ0v) is 10.8. The van der Waals surface area contributed by atoms with Crippen molar-refractivity contribution in [2.75, 3.05) is 14.1 Å². The van der Waals surface area contributed by atoms with Crippen LogP contribution in [0.2, 0.25) is 0 Å². The third-order valence-corrected chi connectivity index (χ3v) is 3.60. The quantitative estimate of drug-likeness (QED) is 0.889. The van der Waals surface area contributed by atoms with E-state index in [1.165, 1.54) is 21.0 Å². The lowest BCUT2D eigenvalue weighted by atomic mass is 10.1. The number of rotatable bonds is 3. The lowest BCUT2D eigenvalue weighted by Crippen LogP contribution is -2.39. The number of amides is 1. The van der Waals surface area contributed by atoms with Gasteiger partial charge < -0.3 is 0 Å². The summed E-state index contributed by atoms with van der Waals surface area (Å²) in [6.45, 7) is 1.33. The molecule has 0 spiro atoms. The van der Waals surface area contributed by atoms with Gasteiger partial charge in [0.15, 0.2) is 0 Å². The van der Waals surface area contributed by atoms with E-state index in [2.05, 4.69) is 0 Å². The normalized spacial score (nSPS) is 11.7. The van der Waals surface area contributed by atoms with Gasteiger partial charge in [-0.15, -0.1) is 0 Å². The van der Waals surface area contributed by atoms with E-state index in [1.54, 1.807) is 4.72 Å². The van der Waals surface area contributed by atoms with E-state index in [-0.39, 0.29) is 5.56 Å². The third-order valence-electron chi connectivity index (χ3n) is 2.20. The molecule has 0 saturated heterocycles. The van der Waals surface area contributed by atoms with E-state index in [9.17, 15) is 22.0 Å². The summed E-state index contributed by atoms with van der Waals surface area (Å²) in [5.74, 6) is -3.00. The van der Waals surface area contributed by atoms with Crippen molar-refractivity contribution in [3.05, 3.63) is 34.9 Å². The second-order valence-electron chi connectivity index (χ2n) is 3.80. The molecular weight excluding hydrogens is 266 g/mol. The Labute approximate surface area is 104 Å². The van der Waals surface area contributed by atoms with Gasteiger partial charge in [-0.25, -0.2) is 13.5 Å². The summed E-state index contributed by atoms with van der Waals surface area (Å²) in [5, 5.41) is 0. The van der Waals surface area contributed by atoms with Crippen LogP contribution >= 0.6 is 0 Å². The number of hydrogen-bond donors (Lipinski definition) is 1. The second-order valence-corrected chi connectivity index (χ2v) is 5.68. The SMILES string of the molecule is Cc1cc(F)c(C(=O)NS(=O)(=O)N(C)C)cc1F. The minimum Gasteiger partial charge on any atom is -0.268 e. The molecule has 5 nitrogen and oxygen atoms in total. The molecule has 0 atom stereocenters. The van der Waals surface area contributed by atoms with Gasteiger partial charge in [0.05, 0.1) is 5.56 Å². The maximum Gasteiger partial charge on any atom is 0.303 e. The van der Waals surface area contributed by atoms with Crippen molar-refractivity contribution in [3.8, 4) is 0 Å². The molecule has 0 aliphatic rings. The third kappa shape index (κ3) is 3.02. The predicted molar refractivity (Wildman–Crippen MR) is 61.2 cm³/mol. The van der Waals surface area contributed by atoms with Crippen molar-refractivity contribution in [2.45, 2.75) is 6.92 Å². The fourth-order valence-corrected chi connectivity index (χ4v) is 1.61. The first kappa shape index (κ1) is 14.5. The van der Waals surface area contributed by atoms with E-state index >= 15 is 0 Å². The Morgan fingerprint density at radius 1 is 1.22 bits per heavy atom. The zero-order chi connectivity index (χ0) is 14.1. The molecule has 0 aromatic heterocycles. The highest BCUT2D eigenvalue weighted by molar-refractivity contribution is 7.87. The Kier molecular flexibility index (Phi) is 4.02. The van der Waals surface area contributed by atoms with Crippen molar-refractivity contribution >= 4 is 16.1 Å². The molecule has 0 fully saturated rings. The number of halogens is 2. The van der Waals surface area contributed by atoms with Crippen LogP contribution in [0, 0.1) is 18.6 Å². The van der Waals surface area contributed by atoms with Crippen LogP contribution in [0.1, 0.15) is 15.9 Å². The number of nitrogens with one attached hydrogen (secondary N) is 1. The van der Waals surface area contributed by atoms with Gasteiger partial charge in [0.25, 0.3) is 5.91 Å². The Bertz CT molecular complexity index is 585. The van der Waals surface area contributed by atoms with E-state index < -0.39 is 33.3 Å². The number of hydrogen-bond acceptors (Lipinski definition) is 3. The Morgan fingerprint density at radius 3 is 2.28 bits per heavy atom. The van der Waals surface area contributed by atoms with Gasteiger partial charge in [0.2, 0.25) is 0 Å². The summed E-state index contributed by atoms with van der Waals surface area (Å²) in [4.78, 5) is 11.5. The first-order valence-electron chi connectivity index (χ1n) is 4.85. The lowest BCUT2D eigenvalue weighted by Gasteiger charge is -2.12. The lowest BCUT2D eigenvalue weighted by molar-refractivity contribution is 0.0975. The molecule has 1 amide bonds. The molecule has 100 valence electrons. The molecule has 0 saturated carbocycles. The zero-order valence-electron chi connectivity index (χ0n) is 9.99.